The quantitative estimate of drug-likeness (QED) is 0.655. The van der Waals surface area contributed by atoms with E-state index in [4.69, 9.17) is 15.3 Å². The van der Waals surface area contributed by atoms with Gasteiger partial charge in [0.05, 0.1) is 18.8 Å². The molecular formula is C12H16FNO4. The van der Waals surface area contributed by atoms with Gasteiger partial charge >= 0.3 is 5.97 Å². The molecule has 1 aromatic rings. The van der Waals surface area contributed by atoms with Gasteiger partial charge in [-0.15, -0.1) is 0 Å². The molecule has 0 atom stereocenters. The van der Waals surface area contributed by atoms with Crippen molar-refractivity contribution in [3.05, 3.63) is 35.1 Å². The minimum Gasteiger partial charge on any atom is -0.478 e. The fourth-order valence-electron chi connectivity index (χ4n) is 1.62. The molecule has 5 nitrogen and oxygen atoms in total. The molecule has 6 heteroatoms. The van der Waals surface area contributed by atoms with E-state index in [1.165, 1.54) is 12.1 Å². The summed E-state index contributed by atoms with van der Waals surface area (Å²) in [7, 11) is 0. The number of aliphatic hydroxyl groups excluding tert-OH is 2. The molecule has 0 aliphatic rings. The van der Waals surface area contributed by atoms with Crippen LogP contribution in [0.15, 0.2) is 18.2 Å². The molecule has 0 unspecified atom stereocenters. The molecule has 0 saturated heterocycles. The summed E-state index contributed by atoms with van der Waals surface area (Å²) in [6, 6.07) is 3.57. The van der Waals surface area contributed by atoms with Gasteiger partial charge in [0, 0.05) is 25.2 Å². The summed E-state index contributed by atoms with van der Waals surface area (Å²) in [5, 5.41) is 26.5. The van der Waals surface area contributed by atoms with Crippen molar-refractivity contribution >= 4 is 5.97 Å². The maximum Gasteiger partial charge on any atom is 0.335 e. The number of nitrogens with zero attached hydrogens (tertiary/aromatic N) is 1. The van der Waals surface area contributed by atoms with Gasteiger partial charge in [0.15, 0.2) is 0 Å². The highest BCUT2D eigenvalue weighted by Gasteiger charge is 2.12. The minimum absolute atomic E-state index is 0.0133. The second-order valence-electron chi connectivity index (χ2n) is 3.83. The zero-order chi connectivity index (χ0) is 13.5. The molecule has 3 N–H and O–H groups in total. The van der Waals surface area contributed by atoms with E-state index in [1.54, 1.807) is 4.90 Å². The average Bonchev–Trinajstić information content (AvgIpc) is 2.32. The molecule has 0 amide bonds. The van der Waals surface area contributed by atoms with Crippen molar-refractivity contribution in [2.24, 2.45) is 0 Å². The van der Waals surface area contributed by atoms with Gasteiger partial charge in [-0.2, -0.15) is 0 Å². The van der Waals surface area contributed by atoms with E-state index in [2.05, 4.69) is 0 Å². The number of carboxylic acid groups (broad SMARTS) is 1. The average molecular weight is 257 g/mol. The summed E-state index contributed by atoms with van der Waals surface area (Å²) in [5.41, 5.74) is 0.246. The van der Waals surface area contributed by atoms with Gasteiger partial charge in [-0.05, 0) is 18.2 Å². The monoisotopic (exact) mass is 257 g/mol. The number of aliphatic hydroxyl groups is 2. The Morgan fingerprint density at radius 3 is 2.33 bits per heavy atom. The molecule has 1 rings (SSSR count). The minimum atomic E-state index is -1.12. The van der Waals surface area contributed by atoms with Crippen LogP contribution < -0.4 is 0 Å². The van der Waals surface area contributed by atoms with Gasteiger partial charge in [0.2, 0.25) is 0 Å². The van der Waals surface area contributed by atoms with Gasteiger partial charge < -0.3 is 15.3 Å². The van der Waals surface area contributed by atoms with Crippen LogP contribution in [0.25, 0.3) is 0 Å². The Bertz CT molecular complexity index is 405. The first-order valence-corrected chi connectivity index (χ1v) is 5.54. The van der Waals surface area contributed by atoms with Crippen molar-refractivity contribution in [3.63, 3.8) is 0 Å². The summed E-state index contributed by atoms with van der Waals surface area (Å²) >= 11 is 0. The number of rotatable bonds is 7. The summed E-state index contributed by atoms with van der Waals surface area (Å²) in [6.45, 7) is 0.503. The van der Waals surface area contributed by atoms with Crippen LogP contribution in [0.1, 0.15) is 15.9 Å². The van der Waals surface area contributed by atoms with E-state index in [-0.39, 0.29) is 44.0 Å². The van der Waals surface area contributed by atoms with Crippen LogP contribution >= 0.6 is 0 Å². The van der Waals surface area contributed by atoms with Crippen LogP contribution in [0.3, 0.4) is 0 Å². The molecule has 0 aliphatic heterocycles. The molecule has 0 bridgehead atoms. The number of hydrogen-bond donors (Lipinski definition) is 3. The Kier molecular flexibility index (Phi) is 5.70. The predicted molar refractivity (Wildman–Crippen MR) is 62.8 cm³/mol. The predicted octanol–water partition coefficient (Wildman–Crippen LogP) is 0.310. The smallest absolute Gasteiger partial charge is 0.335 e. The second-order valence-corrected chi connectivity index (χ2v) is 3.83. The van der Waals surface area contributed by atoms with Gasteiger partial charge in [0.25, 0.3) is 0 Å². The Balaban J connectivity index is 2.86. The number of halogens is 1. The third-order valence-corrected chi connectivity index (χ3v) is 2.52. The fourth-order valence-corrected chi connectivity index (χ4v) is 1.62. The maximum absolute atomic E-state index is 13.5. The number of aromatic carboxylic acids is 1. The zero-order valence-electron chi connectivity index (χ0n) is 9.84. The lowest BCUT2D eigenvalue weighted by Crippen LogP contribution is -2.29. The Morgan fingerprint density at radius 1 is 1.22 bits per heavy atom. The van der Waals surface area contributed by atoms with Crippen LogP contribution in [0.4, 0.5) is 4.39 Å². The molecule has 0 aromatic heterocycles. The number of hydrogen-bond acceptors (Lipinski definition) is 4. The summed E-state index contributed by atoms with van der Waals surface area (Å²) in [6.07, 6.45) is 0. The van der Waals surface area contributed by atoms with Gasteiger partial charge in [0.1, 0.15) is 5.82 Å². The van der Waals surface area contributed by atoms with Crippen molar-refractivity contribution in [2.75, 3.05) is 26.3 Å². The molecule has 0 heterocycles. The van der Waals surface area contributed by atoms with E-state index in [0.717, 1.165) is 6.07 Å². The lowest BCUT2D eigenvalue weighted by atomic mass is 10.1. The zero-order valence-corrected chi connectivity index (χ0v) is 9.84. The molecule has 0 fully saturated rings. The Morgan fingerprint density at radius 2 is 1.83 bits per heavy atom. The molecular weight excluding hydrogens is 241 g/mol. The van der Waals surface area contributed by atoms with Gasteiger partial charge in [-0.3, -0.25) is 4.90 Å². The largest absolute Gasteiger partial charge is 0.478 e. The van der Waals surface area contributed by atoms with Crippen LogP contribution in [-0.4, -0.2) is 52.5 Å². The van der Waals surface area contributed by atoms with Crippen molar-refractivity contribution < 1.29 is 24.5 Å². The summed E-state index contributed by atoms with van der Waals surface area (Å²) < 4.78 is 13.5. The van der Waals surface area contributed by atoms with Crippen LogP contribution in [-0.2, 0) is 6.54 Å². The summed E-state index contributed by atoms with van der Waals surface area (Å²) in [4.78, 5) is 12.4. The normalized spacial score (nSPS) is 10.9. The van der Waals surface area contributed by atoms with Gasteiger partial charge in [-0.25, -0.2) is 9.18 Å². The van der Waals surface area contributed by atoms with Crippen molar-refractivity contribution in [1.82, 2.24) is 4.90 Å². The highest BCUT2D eigenvalue weighted by atomic mass is 19.1. The first kappa shape index (κ1) is 14.6. The van der Waals surface area contributed by atoms with E-state index in [9.17, 15) is 9.18 Å². The van der Waals surface area contributed by atoms with E-state index < -0.39 is 11.8 Å². The Hall–Kier alpha value is -1.50. The first-order valence-electron chi connectivity index (χ1n) is 5.54. The lowest BCUT2D eigenvalue weighted by Gasteiger charge is -2.20. The highest BCUT2D eigenvalue weighted by molar-refractivity contribution is 5.87. The fraction of sp³-hybridized carbons (Fsp3) is 0.417. The molecule has 0 spiro atoms. The molecule has 0 saturated carbocycles. The molecule has 0 radical (unpaired) electrons. The van der Waals surface area contributed by atoms with Crippen LogP contribution in [0.5, 0.6) is 0 Å². The maximum atomic E-state index is 13.5. The number of benzene rings is 1. The van der Waals surface area contributed by atoms with Crippen LogP contribution in [0.2, 0.25) is 0 Å². The highest BCUT2D eigenvalue weighted by Crippen LogP contribution is 2.13. The number of carboxylic acids is 1. The lowest BCUT2D eigenvalue weighted by molar-refractivity contribution is 0.0696. The van der Waals surface area contributed by atoms with E-state index >= 15 is 0 Å². The Labute approximate surface area is 104 Å². The molecule has 18 heavy (non-hydrogen) atoms. The van der Waals surface area contributed by atoms with Crippen LogP contribution in [0, 0.1) is 5.82 Å². The third kappa shape index (κ3) is 4.06. The first-order chi connectivity index (χ1) is 8.58. The molecule has 0 aliphatic carbocycles. The third-order valence-electron chi connectivity index (χ3n) is 2.52. The van der Waals surface area contributed by atoms with Crippen molar-refractivity contribution in [3.8, 4) is 0 Å². The second kappa shape index (κ2) is 7.05. The summed E-state index contributed by atoms with van der Waals surface area (Å²) in [5.74, 6) is -1.62. The van der Waals surface area contributed by atoms with Crippen molar-refractivity contribution in [2.45, 2.75) is 6.54 Å². The van der Waals surface area contributed by atoms with Crippen molar-refractivity contribution in [1.29, 1.82) is 0 Å². The van der Waals surface area contributed by atoms with E-state index in [0.29, 0.717) is 0 Å². The number of carbonyl (C=O) groups is 1. The SMILES string of the molecule is O=C(O)c1ccc(F)c(CN(CCO)CCO)c1. The molecule has 100 valence electrons. The van der Waals surface area contributed by atoms with Gasteiger partial charge in [-0.1, -0.05) is 0 Å². The topological polar surface area (TPSA) is 81.0 Å². The standard InChI is InChI=1S/C12H16FNO4/c13-11-2-1-9(12(17)18)7-10(11)8-14(3-5-15)4-6-16/h1-2,7,15-16H,3-6,8H2,(H,17,18). The molecule has 1 aromatic carbocycles. The van der Waals surface area contributed by atoms with E-state index in [1.807, 2.05) is 0 Å².